The van der Waals surface area contributed by atoms with Crippen LogP contribution in [0.15, 0.2) is 28.9 Å². The van der Waals surface area contributed by atoms with Crippen molar-refractivity contribution in [2.45, 2.75) is 6.04 Å². The Balaban J connectivity index is 2.23. The molecule has 0 spiro atoms. The van der Waals surface area contributed by atoms with Gasteiger partial charge in [-0.3, -0.25) is 0 Å². The fraction of sp³-hybridized carbons (Fsp3) is 0.250. The molecule has 0 aromatic carbocycles. The molecule has 1 aliphatic heterocycles. The van der Waals surface area contributed by atoms with Crippen molar-refractivity contribution >= 4 is 12.2 Å². The van der Waals surface area contributed by atoms with E-state index < -0.39 is 5.97 Å². The van der Waals surface area contributed by atoms with Crippen LogP contribution in [0.3, 0.4) is 0 Å². The Bertz CT molecular complexity index is 304. The monoisotopic (exact) mass is 164 g/mol. The Kier molecular flexibility index (Phi) is 1.46. The lowest BCUT2D eigenvalue weighted by Crippen LogP contribution is -2.27. The first-order valence-corrected chi connectivity index (χ1v) is 3.69. The standard InChI is InChI=1S/C8H8N2O2/c11-8(12)5-1-2-6-4-9-10-7(6)3-5/h1-4,6-7,10H,(H,11,12). The largest absolute Gasteiger partial charge is 0.478 e. The highest BCUT2D eigenvalue weighted by atomic mass is 16.4. The van der Waals surface area contributed by atoms with Gasteiger partial charge in [0, 0.05) is 12.1 Å². The average Bonchev–Trinajstić information content (AvgIpc) is 2.49. The third kappa shape index (κ3) is 1.01. The number of carboxylic acids is 1. The number of hydrazone groups is 1. The number of aliphatic carboxylic acids is 1. The summed E-state index contributed by atoms with van der Waals surface area (Å²) < 4.78 is 0. The van der Waals surface area contributed by atoms with Gasteiger partial charge in [0.15, 0.2) is 0 Å². The van der Waals surface area contributed by atoms with Crippen LogP contribution in [0, 0.1) is 5.92 Å². The summed E-state index contributed by atoms with van der Waals surface area (Å²) in [7, 11) is 0. The van der Waals surface area contributed by atoms with Crippen molar-refractivity contribution in [1.29, 1.82) is 0 Å². The number of fused-ring (bicyclic) bond motifs is 1. The molecule has 0 aromatic heterocycles. The minimum absolute atomic E-state index is 0.0288. The molecular formula is C8H8N2O2. The topological polar surface area (TPSA) is 61.7 Å². The van der Waals surface area contributed by atoms with Gasteiger partial charge in [-0.2, -0.15) is 5.10 Å². The van der Waals surface area contributed by atoms with Gasteiger partial charge in [-0.25, -0.2) is 4.79 Å². The molecule has 4 heteroatoms. The number of nitrogens with zero attached hydrogens (tertiary/aromatic N) is 1. The van der Waals surface area contributed by atoms with E-state index in [0.29, 0.717) is 5.57 Å². The number of nitrogens with one attached hydrogen (secondary N) is 1. The molecule has 2 atom stereocenters. The second kappa shape index (κ2) is 2.48. The van der Waals surface area contributed by atoms with E-state index in [2.05, 4.69) is 10.5 Å². The van der Waals surface area contributed by atoms with Crippen LogP contribution in [0.5, 0.6) is 0 Å². The highest BCUT2D eigenvalue weighted by Crippen LogP contribution is 2.18. The van der Waals surface area contributed by atoms with Crippen molar-refractivity contribution in [1.82, 2.24) is 5.43 Å². The lowest BCUT2D eigenvalue weighted by molar-refractivity contribution is -0.132. The molecule has 0 saturated heterocycles. The number of rotatable bonds is 1. The van der Waals surface area contributed by atoms with E-state index in [0.717, 1.165) is 0 Å². The highest BCUT2D eigenvalue weighted by molar-refractivity contribution is 5.91. The van der Waals surface area contributed by atoms with Gasteiger partial charge in [0.2, 0.25) is 0 Å². The molecule has 0 bridgehead atoms. The molecule has 0 aromatic rings. The fourth-order valence-electron chi connectivity index (χ4n) is 1.32. The van der Waals surface area contributed by atoms with Crippen LogP contribution in [-0.2, 0) is 4.79 Å². The second-order valence-corrected chi connectivity index (χ2v) is 2.80. The van der Waals surface area contributed by atoms with Crippen LogP contribution in [0.25, 0.3) is 0 Å². The van der Waals surface area contributed by atoms with Gasteiger partial charge in [-0.1, -0.05) is 12.2 Å². The number of hydrogen-bond donors (Lipinski definition) is 2. The lowest BCUT2D eigenvalue weighted by Gasteiger charge is -2.15. The molecular weight excluding hydrogens is 156 g/mol. The maximum absolute atomic E-state index is 10.6. The van der Waals surface area contributed by atoms with Crippen LogP contribution in [0.4, 0.5) is 0 Å². The van der Waals surface area contributed by atoms with Crippen molar-refractivity contribution in [3.8, 4) is 0 Å². The Hall–Kier alpha value is -1.58. The van der Waals surface area contributed by atoms with E-state index >= 15 is 0 Å². The Morgan fingerprint density at radius 1 is 1.67 bits per heavy atom. The first kappa shape index (κ1) is 7.09. The van der Waals surface area contributed by atoms with Crippen molar-refractivity contribution in [2.24, 2.45) is 11.0 Å². The SMILES string of the molecule is O=C(O)C1=CC2NN=CC2C=C1. The van der Waals surface area contributed by atoms with Gasteiger partial charge in [-0.15, -0.1) is 0 Å². The number of carboxylic acid groups (broad SMARTS) is 1. The normalized spacial score (nSPS) is 30.8. The molecule has 2 rings (SSSR count). The molecule has 2 N–H and O–H groups in total. The molecule has 1 heterocycles. The van der Waals surface area contributed by atoms with Crippen LogP contribution in [0.1, 0.15) is 0 Å². The first-order chi connectivity index (χ1) is 5.77. The van der Waals surface area contributed by atoms with Crippen LogP contribution >= 0.6 is 0 Å². The average molecular weight is 164 g/mol. The zero-order chi connectivity index (χ0) is 8.55. The Morgan fingerprint density at radius 3 is 3.25 bits per heavy atom. The summed E-state index contributed by atoms with van der Waals surface area (Å²) in [6.07, 6.45) is 6.91. The number of hydrogen-bond acceptors (Lipinski definition) is 3. The summed E-state index contributed by atoms with van der Waals surface area (Å²) in [6, 6.07) is 0.0288. The summed E-state index contributed by atoms with van der Waals surface area (Å²) in [5.74, 6) is -0.675. The summed E-state index contributed by atoms with van der Waals surface area (Å²) in [5, 5.41) is 12.5. The third-order valence-electron chi connectivity index (χ3n) is 1.99. The summed E-state index contributed by atoms with van der Waals surface area (Å²) in [4.78, 5) is 10.6. The van der Waals surface area contributed by atoms with E-state index in [9.17, 15) is 4.79 Å². The minimum atomic E-state index is -0.890. The van der Waals surface area contributed by atoms with Gasteiger partial charge in [-0.05, 0) is 6.08 Å². The molecule has 12 heavy (non-hydrogen) atoms. The molecule has 0 fully saturated rings. The molecule has 2 aliphatic rings. The van der Waals surface area contributed by atoms with Crippen LogP contribution < -0.4 is 5.43 Å². The maximum Gasteiger partial charge on any atom is 0.335 e. The summed E-state index contributed by atoms with van der Waals surface area (Å²) >= 11 is 0. The van der Waals surface area contributed by atoms with E-state index in [4.69, 9.17) is 5.11 Å². The van der Waals surface area contributed by atoms with Crippen LogP contribution in [-0.4, -0.2) is 23.3 Å². The van der Waals surface area contributed by atoms with E-state index in [1.54, 1.807) is 18.4 Å². The van der Waals surface area contributed by atoms with Gasteiger partial charge < -0.3 is 10.5 Å². The quantitative estimate of drug-likeness (QED) is 0.579. The molecule has 0 saturated carbocycles. The smallest absolute Gasteiger partial charge is 0.335 e. The molecule has 2 unspecified atom stereocenters. The predicted molar refractivity (Wildman–Crippen MR) is 43.8 cm³/mol. The second-order valence-electron chi connectivity index (χ2n) is 2.80. The summed E-state index contributed by atoms with van der Waals surface area (Å²) in [6.45, 7) is 0. The van der Waals surface area contributed by atoms with Crippen molar-refractivity contribution < 1.29 is 9.90 Å². The zero-order valence-electron chi connectivity index (χ0n) is 6.27. The van der Waals surface area contributed by atoms with E-state index in [1.807, 2.05) is 6.08 Å². The lowest BCUT2D eigenvalue weighted by atomic mass is 9.94. The van der Waals surface area contributed by atoms with E-state index in [1.165, 1.54) is 0 Å². The van der Waals surface area contributed by atoms with Gasteiger partial charge in [0.1, 0.15) is 0 Å². The third-order valence-corrected chi connectivity index (χ3v) is 1.99. The Morgan fingerprint density at radius 2 is 2.50 bits per heavy atom. The van der Waals surface area contributed by atoms with Gasteiger partial charge >= 0.3 is 5.97 Å². The Labute approximate surface area is 69.3 Å². The molecule has 4 nitrogen and oxygen atoms in total. The molecule has 62 valence electrons. The minimum Gasteiger partial charge on any atom is -0.478 e. The van der Waals surface area contributed by atoms with Crippen LogP contribution in [0.2, 0.25) is 0 Å². The highest BCUT2D eigenvalue weighted by Gasteiger charge is 2.24. The fourth-order valence-corrected chi connectivity index (χ4v) is 1.32. The van der Waals surface area contributed by atoms with Gasteiger partial charge in [0.05, 0.1) is 11.6 Å². The van der Waals surface area contributed by atoms with Crippen molar-refractivity contribution in [3.63, 3.8) is 0 Å². The zero-order valence-corrected chi connectivity index (χ0v) is 6.27. The van der Waals surface area contributed by atoms with Crippen molar-refractivity contribution in [2.75, 3.05) is 0 Å². The molecule has 1 aliphatic carbocycles. The van der Waals surface area contributed by atoms with Gasteiger partial charge in [0.25, 0.3) is 0 Å². The first-order valence-electron chi connectivity index (χ1n) is 3.69. The molecule has 0 radical (unpaired) electrons. The summed E-state index contributed by atoms with van der Waals surface area (Å²) in [5.41, 5.74) is 3.15. The van der Waals surface area contributed by atoms with Crippen molar-refractivity contribution in [3.05, 3.63) is 23.8 Å². The number of carbonyl (C=O) groups is 1. The predicted octanol–water partition coefficient (Wildman–Crippen LogP) is 0.141. The maximum atomic E-state index is 10.6. The molecule has 0 amide bonds. The van der Waals surface area contributed by atoms with E-state index in [-0.39, 0.29) is 12.0 Å².